The van der Waals surface area contributed by atoms with Crippen LogP contribution in [0.5, 0.6) is 0 Å². The van der Waals surface area contributed by atoms with E-state index in [1.165, 1.54) is 4.80 Å². The molecule has 6 heteroatoms. The van der Waals surface area contributed by atoms with Gasteiger partial charge in [-0.2, -0.15) is 10.2 Å². The molecule has 0 aliphatic rings. The minimum absolute atomic E-state index is 0.640. The van der Waals surface area contributed by atoms with Gasteiger partial charge < -0.3 is 5.73 Å². The Morgan fingerprint density at radius 3 is 2.64 bits per heavy atom. The van der Waals surface area contributed by atoms with Crippen molar-refractivity contribution in [2.24, 2.45) is 0 Å². The van der Waals surface area contributed by atoms with Crippen molar-refractivity contribution in [1.82, 2.24) is 20.0 Å². The van der Waals surface area contributed by atoms with Gasteiger partial charge in [0.25, 0.3) is 0 Å². The van der Waals surface area contributed by atoms with Gasteiger partial charge in [-0.25, -0.2) is 4.98 Å². The number of aromatic nitrogens is 4. The summed E-state index contributed by atoms with van der Waals surface area (Å²) in [5.41, 5.74) is 7.11. The first-order chi connectivity index (χ1) is 6.68. The van der Waals surface area contributed by atoms with E-state index in [1.807, 2.05) is 6.92 Å². The Kier molecular flexibility index (Phi) is 2.20. The molecule has 0 aliphatic heterocycles. The number of nitrogen functional groups attached to an aromatic ring is 1. The van der Waals surface area contributed by atoms with Crippen LogP contribution in [0.3, 0.4) is 0 Å². The second-order valence-corrected chi connectivity index (χ2v) is 3.64. The molecule has 14 heavy (non-hydrogen) atoms. The Hall–Kier alpha value is -1.43. The number of nitrogens with zero attached hydrogens (tertiary/aromatic N) is 4. The Morgan fingerprint density at radius 2 is 2.00 bits per heavy atom. The van der Waals surface area contributed by atoms with E-state index in [-0.39, 0.29) is 0 Å². The van der Waals surface area contributed by atoms with E-state index in [0.717, 1.165) is 10.2 Å². The number of pyridine rings is 1. The van der Waals surface area contributed by atoms with Crippen LogP contribution in [0, 0.1) is 6.92 Å². The maximum absolute atomic E-state index is 5.70. The van der Waals surface area contributed by atoms with Gasteiger partial charge in [0, 0.05) is 0 Å². The van der Waals surface area contributed by atoms with Crippen LogP contribution in [0.1, 0.15) is 5.69 Å². The predicted octanol–water partition coefficient (Wildman–Crippen LogP) is 1.32. The Morgan fingerprint density at radius 1 is 1.36 bits per heavy atom. The monoisotopic (exact) mass is 253 g/mol. The molecule has 0 atom stereocenters. The van der Waals surface area contributed by atoms with E-state index >= 15 is 0 Å². The molecule has 0 saturated heterocycles. The quantitative estimate of drug-likeness (QED) is 0.833. The van der Waals surface area contributed by atoms with Crippen molar-refractivity contribution in [2.75, 3.05) is 5.73 Å². The predicted molar refractivity (Wildman–Crippen MR) is 56.0 cm³/mol. The largest absolute Gasteiger partial charge is 0.397 e. The number of hydrogen-bond donors (Lipinski definition) is 1. The highest BCUT2D eigenvalue weighted by molar-refractivity contribution is 9.10. The van der Waals surface area contributed by atoms with Gasteiger partial charge in [-0.05, 0) is 28.9 Å². The van der Waals surface area contributed by atoms with Crippen molar-refractivity contribution in [3.8, 4) is 5.82 Å². The van der Waals surface area contributed by atoms with Crippen LogP contribution >= 0.6 is 15.9 Å². The molecule has 0 radical (unpaired) electrons. The van der Waals surface area contributed by atoms with E-state index < -0.39 is 0 Å². The molecule has 2 aromatic rings. The van der Waals surface area contributed by atoms with Gasteiger partial charge in [0.1, 0.15) is 0 Å². The fourth-order valence-electron chi connectivity index (χ4n) is 1.05. The SMILES string of the molecule is Cc1nc(-n2nccn2)c(Br)cc1N. The summed E-state index contributed by atoms with van der Waals surface area (Å²) < 4.78 is 0.775. The van der Waals surface area contributed by atoms with Crippen molar-refractivity contribution in [2.45, 2.75) is 6.92 Å². The zero-order valence-electron chi connectivity index (χ0n) is 7.48. The average molecular weight is 254 g/mol. The molecule has 0 spiro atoms. The average Bonchev–Trinajstić information content (AvgIpc) is 2.64. The summed E-state index contributed by atoms with van der Waals surface area (Å²) in [7, 11) is 0. The normalized spacial score (nSPS) is 10.4. The molecule has 0 amide bonds. The van der Waals surface area contributed by atoms with Crippen molar-refractivity contribution >= 4 is 21.6 Å². The molecule has 2 aromatic heterocycles. The summed E-state index contributed by atoms with van der Waals surface area (Å²) in [4.78, 5) is 5.72. The lowest BCUT2D eigenvalue weighted by atomic mass is 10.3. The van der Waals surface area contributed by atoms with Crippen LogP contribution in [0.4, 0.5) is 5.69 Å². The molecule has 2 rings (SSSR count). The first kappa shape index (κ1) is 9.14. The van der Waals surface area contributed by atoms with Crippen LogP contribution in [0.15, 0.2) is 22.9 Å². The van der Waals surface area contributed by atoms with Gasteiger partial charge in [-0.3, -0.25) is 0 Å². The first-order valence-corrected chi connectivity index (χ1v) is 4.77. The molecule has 72 valence electrons. The van der Waals surface area contributed by atoms with E-state index in [9.17, 15) is 0 Å². The number of aryl methyl sites for hydroxylation is 1. The second-order valence-electron chi connectivity index (χ2n) is 2.79. The van der Waals surface area contributed by atoms with Crippen LogP contribution < -0.4 is 5.73 Å². The van der Waals surface area contributed by atoms with Crippen molar-refractivity contribution in [3.05, 3.63) is 28.6 Å². The van der Waals surface area contributed by atoms with Gasteiger partial charge in [0.15, 0.2) is 5.82 Å². The third-order valence-corrected chi connectivity index (χ3v) is 2.38. The number of anilines is 1. The molecule has 0 bridgehead atoms. The zero-order chi connectivity index (χ0) is 10.1. The van der Waals surface area contributed by atoms with Crippen molar-refractivity contribution in [1.29, 1.82) is 0 Å². The second kappa shape index (κ2) is 3.38. The summed E-state index contributed by atoms with van der Waals surface area (Å²) in [6.07, 6.45) is 3.19. The number of halogens is 1. The lowest BCUT2D eigenvalue weighted by molar-refractivity contribution is 0.723. The minimum atomic E-state index is 0.640. The molecule has 2 heterocycles. The lowest BCUT2D eigenvalue weighted by Crippen LogP contribution is -2.05. The molecular weight excluding hydrogens is 246 g/mol. The van der Waals surface area contributed by atoms with E-state index in [1.54, 1.807) is 18.5 Å². The molecule has 0 aromatic carbocycles. The number of nitrogens with two attached hydrogens (primary N) is 1. The van der Waals surface area contributed by atoms with Gasteiger partial charge in [-0.1, -0.05) is 0 Å². The van der Waals surface area contributed by atoms with E-state index in [0.29, 0.717) is 11.5 Å². The van der Waals surface area contributed by atoms with Crippen LogP contribution in [0.25, 0.3) is 5.82 Å². The highest BCUT2D eigenvalue weighted by Gasteiger charge is 2.08. The topological polar surface area (TPSA) is 69.6 Å². The van der Waals surface area contributed by atoms with Crippen LogP contribution in [0.2, 0.25) is 0 Å². The van der Waals surface area contributed by atoms with Gasteiger partial charge >= 0.3 is 0 Å². The van der Waals surface area contributed by atoms with E-state index in [4.69, 9.17) is 5.73 Å². The smallest absolute Gasteiger partial charge is 0.189 e. The summed E-state index contributed by atoms with van der Waals surface area (Å²) in [6.45, 7) is 1.84. The Labute approximate surface area is 89.1 Å². The van der Waals surface area contributed by atoms with Gasteiger partial charge in [-0.15, -0.1) is 4.80 Å². The van der Waals surface area contributed by atoms with Crippen molar-refractivity contribution in [3.63, 3.8) is 0 Å². The third kappa shape index (κ3) is 1.48. The fourth-order valence-corrected chi connectivity index (χ4v) is 1.54. The lowest BCUT2D eigenvalue weighted by Gasteiger charge is -2.05. The molecule has 5 nitrogen and oxygen atoms in total. The molecule has 0 unspecified atom stereocenters. The summed E-state index contributed by atoms with van der Waals surface area (Å²) >= 11 is 3.36. The fraction of sp³-hybridized carbons (Fsp3) is 0.125. The molecule has 0 aliphatic carbocycles. The standard InChI is InChI=1S/C8H8BrN5/c1-5-7(10)4-6(9)8(13-5)14-11-2-3-12-14/h2-4H,10H2,1H3. The maximum Gasteiger partial charge on any atom is 0.189 e. The number of hydrogen-bond acceptors (Lipinski definition) is 4. The van der Waals surface area contributed by atoms with Gasteiger partial charge in [0.05, 0.1) is 28.2 Å². The summed E-state index contributed by atoms with van der Waals surface area (Å²) in [5, 5.41) is 7.98. The summed E-state index contributed by atoms with van der Waals surface area (Å²) in [5.74, 6) is 0.640. The molecule has 0 fully saturated rings. The Bertz CT molecular complexity index is 451. The Balaban J connectivity index is 2.60. The van der Waals surface area contributed by atoms with Gasteiger partial charge in [0.2, 0.25) is 0 Å². The molecule has 2 N–H and O–H groups in total. The first-order valence-electron chi connectivity index (χ1n) is 3.98. The summed E-state index contributed by atoms with van der Waals surface area (Å²) in [6, 6.07) is 1.79. The highest BCUT2D eigenvalue weighted by Crippen LogP contribution is 2.22. The zero-order valence-corrected chi connectivity index (χ0v) is 9.06. The highest BCUT2D eigenvalue weighted by atomic mass is 79.9. The number of rotatable bonds is 1. The van der Waals surface area contributed by atoms with Crippen LogP contribution in [-0.2, 0) is 0 Å². The van der Waals surface area contributed by atoms with E-state index in [2.05, 4.69) is 31.1 Å². The molecular formula is C8H8BrN5. The maximum atomic E-state index is 5.70. The molecule has 0 saturated carbocycles. The van der Waals surface area contributed by atoms with Crippen LogP contribution in [-0.4, -0.2) is 20.0 Å². The minimum Gasteiger partial charge on any atom is -0.397 e. The van der Waals surface area contributed by atoms with Crippen molar-refractivity contribution < 1.29 is 0 Å². The third-order valence-electron chi connectivity index (χ3n) is 1.80.